The molecule has 0 spiro atoms. The van der Waals surface area contributed by atoms with E-state index in [0.29, 0.717) is 23.7 Å². The largest absolute Gasteiger partial charge is 0.482 e. The zero-order chi connectivity index (χ0) is 18.6. The first-order valence-electron chi connectivity index (χ1n) is 8.42. The van der Waals surface area contributed by atoms with Crippen molar-refractivity contribution in [2.24, 2.45) is 0 Å². The van der Waals surface area contributed by atoms with Gasteiger partial charge in [-0.15, -0.1) is 0 Å². The van der Waals surface area contributed by atoms with E-state index in [2.05, 4.69) is 15.4 Å². The molecule has 1 aliphatic heterocycles. The molecule has 0 unspecified atom stereocenters. The minimum absolute atomic E-state index is 0.0682. The van der Waals surface area contributed by atoms with Gasteiger partial charge in [0.15, 0.2) is 6.61 Å². The van der Waals surface area contributed by atoms with Gasteiger partial charge in [0, 0.05) is 5.69 Å². The second-order valence-corrected chi connectivity index (χ2v) is 6.07. The van der Waals surface area contributed by atoms with Gasteiger partial charge in [0.05, 0.1) is 12.2 Å². The number of amides is 2. The van der Waals surface area contributed by atoms with Crippen molar-refractivity contribution in [2.75, 3.05) is 23.4 Å². The van der Waals surface area contributed by atoms with Gasteiger partial charge in [-0.3, -0.25) is 14.5 Å². The Morgan fingerprint density at radius 2 is 1.96 bits per heavy atom. The fraction of sp³-hybridized carbons (Fsp3) is 0.158. The maximum absolute atomic E-state index is 12.4. The molecule has 0 aliphatic carbocycles. The van der Waals surface area contributed by atoms with Crippen molar-refractivity contribution in [3.63, 3.8) is 0 Å². The van der Waals surface area contributed by atoms with Gasteiger partial charge in [0.1, 0.15) is 24.9 Å². The quantitative estimate of drug-likeness (QED) is 0.745. The van der Waals surface area contributed by atoms with Gasteiger partial charge in [0.25, 0.3) is 5.91 Å². The lowest BCUT2D eigenvalue weighted by molar-refractivity contribution is -0.123. The van der Waals surface area contributed by atoms with E-state index in [9.17, 15) is 9.59 Å². The van der Waals surface area contributed by atoms with E-state index in [1.165, 1.54) is 11.2 Å². The number of aromatic nitrogens is 3. The Kier molecular flexibility index (Phi) is 4.52. The number of para-hydroxylation sites is 2. The van der Waals surface area contributed by atoms with Crippen LogP contribution in [0, 0.1) is 0 Å². The van der Waals surface area contributed by atoms with E-state index in [1.807, 2.05) is 30.3 Å². The lowest BCUT2D eigenvalue weighted by atomic mass is 10.2. The predicted molar refractivity (Wildman–Crippen MR) is 98.5 cm³/mol. The van der Waals surface area contributed by atoms with Gasteiger partial charge in [-0.25, -0.2) is 9.67 Å². The summed E-state index contributed by atoms with van der Waals surface area (Å²) in [4.78, 5) is 29.9. The summed E-state index contributed by atoms with van der Waals surface area (Å²) in [6, 6.07) is 14.6. The maximum atomic E-state index is 12.4. The fourth-order valence-corrected chi connectivity index (χ4v) is 2.87. The summed E-state index contributed by atoms with van der Waals surface area (Å²) in [7, 11) is 0. The Morgan fingerprint density at radius 1 is 1.15 bits per heavy atom. The van der Waals surface area contributed by atoms with E-state index >= 15 is 0 Å². The Bertz CT molecular complexity index is 954. The lowest BCUT2D eigenvalue weighted by Gasteiger charge is -2.28. The molecule has 1 aliphatic rings. The molecule has 0 fully saturated rings. The molecule has 0 saturated heterocycles. The third-order valence-electron chi connectivity index (χ3n) is 4.16. The lowest BCUT2D eigenvalue weighted by Crippen LogP contribution is -2.43. The smallest absolute Gasteiger partial charge is 0.265 e. The van der Waals surface area contributed by atoms with Crippen LogP contribution >= 0.6 is 0 Å². The second kappa shape index (κ2) is 7.28. The number of nitrogens with one attached hydrogen (secondary N) is 1. The fourth-order valence-electron chi connectivity index (χ4n) is 2.87. The molecule has 27 heavy (non-hydrogen) atoms. The summed E-state index contributed by atoms with van der Waals surface area (Å²) < 4.78 is 7.10. The van der Waals surface area contributed by atoms with Crippen molar-refractivity contribution < 1.29 is 14.3 Å². The van der Waals surface area contributed by atoms with Crippen LogP contribution in [0.25, 0.3) is 0 Å². The third-order valence-corrected chi connectivity index (χ3v) is 4.16. The van der Waals surface area contributed by atoms with Crippen molar-refractivity contribution in [3.8, 4) is 5.75 Å². The molecule has 2 aromatic carbocycles. The van der Waals surface area contributed by atoms with Crippen LogP contribution in [0.15, 0.2) is 61.2 Å². The zero-order valence-corrected chi connectivity index (χ0v) is 14.4. The van der Waals surface area contributed by atoms with E-state index in [4.69, 9.17) is 4.74 Å². The number of hydrogen-bond donors (Lipinski definition) is 1. The summed E-state index contributed by atoms with van der Waals surface area (Å²) in [6.45, 7) is 0.467. The molecule has 136 valence electrons. The number of ether oxygens (including phenoxy) is 1. The maximum Gasteiger partial charge on any atom is 0.265 e. The number of nitrogens with zero attached hydrogens (tertiary/aromatic N) is 4. The van der Waals surface area contributed by atoms with Crippen LogP contribution in [0.1, 0.15) is 5.56 Å². The molecule has 1 aromatic heterocycles. The van der Waals surface area contributed by atoms with E-state index in [-0.39, 0.29) is 25.0 Å². The number of carbonyl (C=O) groups is 2. The van der Waals surface area contributed by atoms with Crippen molar-refractivity contribution in [2.45, 2.75) is 6.54 Å². The average Bonchev–Trinajstić information content (AvgIpc) is 3.19. The monoisotopic (exact) mass is 363 g/mol. The Balaban J connectivity index is 1.40. The Labute approximate surface area is 155 Å². The van der Waals surface area contributed by atoms with Gasteiger partial charge in [-0.05, 0) is 29.8 Å². The first kappa shape index (κ1) is 16.8. The van der Waals surface area contributed by atoms with Crippen molar-refractivity contribution >= 4 is 23.2 Å². The molecular formula is C19H17N5O3. The van der Waals surface area contributed by atoms with Crippen LogP contribution < -0.4 is 15.0 Å². The predicted octanol–water partition coefficient (Wildman–Crippen LogP) is 1.69. The average molecular weight is 363 g/mol. The topological polar surface area (TPSA) is 89.4 Å². The van der Waals surface area contributed by atoms with Gasteiger partial charge in [0.2, 0.25) is 5.91 Å². The van der Waals surface area contributed by atoms with Gasteiger partial charge < -0.3 is 10.1 Å². The number of anilines is 2. The number of carbonyl (C=O) groups excluding carboxylic acids is 2. The molecule has 0 bridgehead atoms. The Morgan fingerprint density at radius 3 is 2.74 bits per heavy atom. The van der Waals surface area contributed by atoms with E-state index < -0.39 is 0 Å². The van der Waals surface area contributed by atoms with Crippen LogP contribution in [0.3, 0.4) is 0 Å². The molecule has 8 heteroatoms. The first-order chi connectivity index (χ1) is 13.2. The molecule has 8 nitrogen and oxygen atoms in total. The van der Waals surface area contributed by atoms with Crippen LogP contribution in [0.4, 0.5) is 11.4 Å². The van der Waals surface area contributed by atoms with Gasteiger partial charge in [-0.2, -0.15) is 5.10 Å². The molecule has 2 heterocycles. The summed E-state index contributed by atoms with van der Waals surface area (Å²) >= 11 is 0. The molecule has 3 aromatic rings. The molecule has 1 N–H and O–H groups in total. The highest BCUT2D eigenvalue weighted by molar-refractivity contribution is 6.04. The summed E-state index contributed by atoms with van der Waals surface area (Å²) in [5, 5.41) is 6.88. The normalized spacial score (nSPS) is 13.0. The summed E-state index contributed by atoms with van der Waals surface area (Å²) in [5.74, 6) is 0.0819. The molecule has 4 rings (SSSR count). The minimum Gasteiger partial charge on any atom is -0.482 e. The SMILES string of the molecule is O=C(CN1C(=O)COc2ccccc21)Nc1ccc(Cn2cncn2)cc1. The van der Waals surface area contributed by atoms with E-state index in [1.54, 1.807) is 29.2 Å². The van der Waals surface area contributed by atoms with Crippen LogP contribution in [-0.4, -0.2) is 39.7 Å². The van der Waals surface area contributed by atoms with Crippen molar-refractivity contribution in [1.82, 2.24) is 14.8 Å². The van der Waals surface area contributed by atoms with Crippen LogP contribution in [0.2, 0.25) is 0 Å². The van der Waals surface area contributed by atoms with Gasteiger partial charge >= 0.3 is 0 Å². The first-order valence-corrected chi connectivity index (χ1v) is 8.42. The Hall–Kier alpha value is -3.68. The van der Waals surface area contributed by atoms with Crippen LogP contribution in [-0.2, 0) is 16.1 Å². The zero-order valence-electron chi connectivity index (χ0n) is 14.4. The van der Waals surface area contributed by atoms with Crippen LogP contribution in [0.5, 0.6) is 5.75 Å². The highest BCUT2D eigenvalue weighted by Crippen LogP contribution is 2.31. The third kappa shape index (κ3) is 3.79. The van der Waals surface area contributed by atoms with E-state index in [0.717, 1.165) is 5.56 Å². The highest BCUT2D eigenvalue weighted by atomic mass is 16.5. The molecule has 0 atom stereocenters. The van der Waals surface area contributed by atoms with Crippen molar-refractivity contribution in [3.05, 3.63) is 66.7 Å². The second-order valence-electron chi connectivity index (χ2n) is 6.07. The summed E-state index contributed by atoms with van der Waals surface area (Å²) in [6.07, 6.45) is 3.13. The molecular weight excluding hydrogens is 346 g/mol. The standard InChI is InChI=1S/C19H17N5O3/c25-18(10-24-16-3-1-2-4-17(16)27-11-19(24)26)22-15-7-5-14(6-8-15)9-23-13-20-12-21-23/h1-8,12-13H,9-11H2,(H,22,25). The highest BCUT2D eigenvalue weighted by Gasteiger charge is 2.26. The molecule has 0 radical (unpaired) electrons. The minimum atomic E-state index is -0.274. The number of hydrogen-bond acceptors (Lipinski definition) is 5. The number of fused-ring (bicyclic) bond motifs is 1. The number of rotatable bonds is 5. The summed E-state index contributed by atoms with van der Waals surface area (Å²) in [5.41, 5.74) is 2.30. The van der Waals surface area contributed by atoms with Gasteiger partial charge in [-0.1, -0.05) is 24.3 Å². The molecule has 0 saturated carbocycles. The number of benzene rings is 2. The van der Waals surface area contributed by atoms with Crippen molar-refractivity contribution in [1.29, 1.82) is 0 Å². The molecule has 2 amide bonds.